The molecule has 0 bridgehead atoms. The van der Waals surface area contributed by atoms with Crippen LogP contribution in [0.1, 0.15) is 36.0 Å². The number of aryl methyl sites for hydroxylation is 1. The van der Waals surface area contributed by atoms with Crippen molar-refractivity contribution < 1.29 is 0 Å². The Morgan fingerprint density at radius 1 is 1.03 bits per heavy atom. The lowest BCUT2D eigenvalue weighted by Crippen LogP contribution is -2.34. The molecule has 2 aliphatic heterocycles. The van der Waals surface area contributed by atoms with Gasteiger partial charge in [0.25, 0.3) is 0 Å². The van der Waals surface area contributed by atoms with Gasteiger partial charge in [0.05, 0.1) is 5.52 Å². The minimum Gasteiger partial charge on any atom is -0.362 e. The number of nitrogens with zero attached hydrogens (tertiary/aromatic N) is 3. The number of hydrogen-bond acceptors (Lipinski definition) is 4. The van der Waals surface area contributed by atoms with E-state index in [1.54, 1.807) is 0 Å². The van der Waals surface area contributed by atoms with Crippen molar-refractivity contribution >= 4 is 39.7 Å². The molecule has 5 rings (SSSR count). The lowest BCUT2D eigenvalue weighted by atomic mass is 10.00. The van der Waals surface area contributed by atoms with Crippen molar-refractivity contribution in [2.75, 3.05) is 42.9 Å². The SMILES string of the molecule is Cc1cc(N2CCCC2)nc2ccc(NC(=S)NCCCN3CCc4ccccc4C3)cc12. The molecule has 0 unspecified atom stereocenters. The lowest BCUT2D eigenvalue weighted by Gasteiger charge is -2.28. The maximum absolute atomic E-state index is 5.55. The molecule has 2 aromatic carbocycles. The van der Waals surface area contributed by atoms with Gasteiger partial charge < -0.3 is 15.5 Å². The van der Waals surface area contributed by atoms with Crippen LogP contribution in [-0.4, -0.2) is 47.7 Å². The Morgan fingerprint density at radius 3 is 2.70 bits per heavy atom. The summed E-state index contributed by atoms with van der Waals surface area (Å²) in [5.41, 5.74) is 6.29. The fourth-order valence-electron chi connectivity index (χ4n) is 4.99. The van der Waals surface area contributed by atoms with Crippen LogP contribution in [0, 0.1) is 6.92 Å². The summed E-state index contributed by atoms with van der Waals surface area (Å²) < 4.78 is 0. The van der Waals surface area contributed by atoms with E-state index in [9.17, 15) is 0 Å². The van der Waals surface area contributed by atoms with Crippen LogP contribution in [-0.2, 0) is 13.0 Å². The molecule has 0 radical (unpaired) electrons. The highest BCUT2D eigenvalue weighted by molar-refractivity contribution is 7.80. The van der Waals surface area contributed by atoms with E-state index in [2.05, 4.69) is 75.9 Å². The summed E-state index contributed by atoms with van der Waals surface area (Å²) >= 11 is 5.55. The number of benzene rings is 2. The van der Waals surface area contributed by atoms with Crippen LogP contribution in [0.15, 0.2) is 48.5 Å². The molecule has 2 aliphatic rings. The average Bonchev–Trinajstić information content (AvgIpc) is 3.37. The third-order valence-corrected chi connectivity index (χ3v) is 7.08. The first-order valence-corrected chi connectivity index (χ1v) is 12.6. The first-order valence-electron chi connectivity index (χ1n) is 12.2. The number of hydrogen-bond donors (Lipinski definition) is 2. The van der Waals surface area contributed by atoms with Gasteiger partial charge in [0.15, 0.2) is 5.11 Å². The average molecular weight is 460 g/mol. The molecule has 1 fully saturated rings. The van der Waals surface area contributed by atoms with Crippen molar-refractivity contribution in [1.82, 2.24) is 15.2 Å². The van der Waals surface area contributed by atoms with Gasteiger partial charge in [-0.3, -0.25) is 4.90 Å². The first kappa shape index (κ1) is 22.1. The molecule has 172 valence electrons. The smallest absolute Gasteiger partial charge is 0.170 e. The van der Waals surface area contributed by atoms with Gasteiger partial charge in [0, 0.05) is 50.3 Å². The highest BCUT2D eigenvalue weighted by atomic mass is 32.1. The second kappa shape index (κ2) is 10.1. The van der Waals surface area contributed by atoms with Gasteiger partial charge in [0.1, 0.15) is 5.82 Å². The van der Waals surface area contributed by atoms with Crippen LogP contribution in [0.4, 0.5) is 11.5 Å². The van der Waals surface area contributed by atoms with Crippen LogP contribution in [0.2, 0.25) is 0 Å². The van der Waals surface area contributed by atoms with Crippen molar-refractivity contribution in [2.24, 2.45) is 0 Å². The number of anilines is 2. The maximum atomic E-state index is 5.55. The lowest BCUT2D eigenvalue weighted by molar-refractivity contribution is 0.251. The third-order valence-electron chi connectivity index (χ3n) is 6.84. The summed E-state index contributed by atoms with van der Waals surface area (Å²) in [6, 6.07) is 17.3. The zero-order valence-electron chi connectivity index (χ0n) is 19.4. The van der Waals surface area contributed by atoms with Gasteiger partial charge in [-0.2, -0.15) is 0 Å². The molecule has 3 heterocycles. The molecule has 1 saturated heterocycles. The number of aromatic nitrogens is 1. The fraction of sp³-hybridized carbons (Fsp3) is 0.407. The van der Waals surface area contributed by atoms with Crippen molar-refractivity contribution in [3.8, 4) is 0 Å². The maximum Gasteiger partial charge on any atom is 0.170 e. The Labute approximate surface area is 202 Å². The Hall–Kier alpha value is -2.70. The van der Waals surface area contributed by atoms with E-state index in [-0.39, 0.29) is 0 Å². The Balaban J connectivity index is 1.11. The normalized spacial score (nSPS) is 16.1. The summed E-state index contributed by atoms with van der Waals surface area (Å²) in [7, 11) is 0. The van der Waals surface area contributed by atoms with Crippen LogP contribution >= 0.6 is 12.2 Å². The van der Waals surface area contributed by atoms with E-state index >= 15 is 0 Å². The quantitative estimate of drug-likeness (QED) is 0.405. The topological polar surface area (TPSA) is 43.4 Å². The van der Waals surface area contributed by atoms with Gasteiger partial charge >= 0.3 is 0 Å². The first-order chi connectivity index (χ1) is 16.2. The molecule has 0 atom stereocenters. The molecule has 6 heteroatoms. The largest absolute Gasteiger partial charge is 0.362 e. The van der Waals surface area contributed by atoms with E-state index < -0.39 is 0 Å². The summed E-state index contributed by atoms with van der Waals surface area (Å²) in [5.74, 6) is 1.10. The zero-order chi connectivity index (χ0) is 22.6. The standard InChI is InChI=1S/C27H33N5S/c1-20-17-26(32-14-4-5-15-32)30-25-10-9-23(18-24(20)25)29-27(33)28-12-6-13-31-16-11-21-7-2-3-8-22(21)19-31/h2-3,7-10,17-18H,4-6,11-16,19H2,1H3,(H2,28,29,33). The Morgan fingerprint density at radius 2 is 1.85 bits per heavy atom. The molecule has 0 spiro atoms. The predicted octanol–water partition coefficient (Wildman–Crippen LogP) is 4.88. The van der Waals surface area contributed by atoms with Crippen LogP contribution in [0.25, 0.3) is 10.9 Å². The number of fused-ring (bicyclic) bond motifs is 2. The van der Waals surface area contributed by atoms with Crippen LogP contribution in [0.5, 0.6) is 0 Å². The highest BCUT2D eigenvalue weighted by Gasteiger charge is 2.16. The van der Waals surface area contributed by atoms with E-state index in [0.29, 0.717) is 5.11 Å². The molecular weight excluding hydrogens is 426 g/mol. The van der Waals surface area contributed by atoms with E-state index in [0.717, 1.165) is 69.1 Å². The van der Waals surface area contributed by atoms with Crippen molar-refractivity contribution in [2.45, 2.75) is 39.2 Å². The monoisotopic (exact) mass is 459 g/mol. The third kappa shape index (κ3) is 5.28. The summed E-state index contributed by atoms with van der Waals surface area (Å²) in [6.07, 6.45) is 4.75. The minimum atomic E-state index is 0.678. The summed E-state index contributed by atoms with van der Waals surface area (Å²) in [6.45, 7) is 8.56. The molecule has 2 N–H and O–H groups in total. The second-order valence-electron chi connectivity index (χ2n) is 9.25. The molecular formula is C27H33N5S. The molecule has 3 aromatic rings. The van der Waals surface area contributed by atoms with Crippen LogP contribution < -0.4 is 15.5 Å². The molecule has 5 nitrogen and oxygen atoms in total. The molecule has 0 saturated carbocycles. The van der Waals surface area contributed by atoms with Gasteiger partial charge in [0.2, 0.25) is 0 Å². The minimum absolute atomic E-state index is 0.678. The van der Waals surface area contributed by atoms with Crippen molar-refractivity contribution in [3.05, 3.63) is 65.2 Å². The van der Waals surface area contributed by atoms with Crippen molar-refractivity contribution in [3.63, 3.8) is 0 Å². The number of pyridine rings is 1. The summed E-state index contributed by atoms with van der Waals surface area (Å²) in [4.78, 5) is 9.83. The zero-order valence-corrected chi connectivity index (χ0v) is 20.3. The Bertz CT molecular complexity index is 1140. The van der Waals surface area contributed by atoms with Gasteiger partial charge in [-0.1, -0.05) is 24.3 Å². The Kier molecular flexibility index (Phi) is 6.74. The number of rotatable bonds is 6. The van der Waals surface area contributed by atoms with E-state index in [1.807, 2.05) is 0 Å². The molecule has 1 aromatic heterocycles. The van der Waals surface area contributed by atoms with Gasteiger partial charge in [-0.15, -0.1) is 0 Å². The van der Waals surface area contributed by atoms with E-state index in [1.165, 1.54) is 34.9 Å². The van der Waals surface area contributed by atoms with Gasteiger partial charge in [-0.25, -0.2) is 4.98 Å². The van der Waals surface area contributed by atoms with Crippen LogP contribution in [0.3, 0.4) is 0 Å². The molecule has 33 heavy (non-hydrogen) atoms. The number of nitrogens with one attached hydrogen (secondary N) is 2. The highest BCUT2D eigenvalue weighted by Crippen LogP contribution is 2.27. The molecule has 0 amide bonds. The molecule has 0 aliphatic carbocycles. The number of thiocarbonyl (C=S) groups is 1. The van der Waals surface area contributed by atoms with E-state index in [4.69, 9.17) is 17.2 Å². The van der Waals surface area contributed by atoms with Crippen molar-refractivity contribution in [1.29, 1.82) is 0 Å². The summed E-state index contributed by atoms with van der Waals surface area (Å²) in [5, 5.41) is 8.58. The predicted molar refractivity (Wildman–Crippen MR) is 142 cm³/mol. The fourth-order valence-corrected chi connectivity index (χ4v) is 5.21. The van der Waals surface area contributed by atoms with Gasteiger partial charge in [-0.05, 0) is 85.8 Å². The second-order valence-corrected chi connectivity index (χ2v) is 9.66.